The lowest BCUT2D eigenvalue weighted by Gasteiger charge is -2.23. The standard InChI is InChI=1S/C15H19N5O/c1-19-10-11(3-4-14(19)21)13-6-8-17-15(18-13)20(2)12-5-7-16-9-12/h3-4,6,8,10,12,16H,5,7,9H2,1-2H3. The number of anilines is 1. The van der Waals surface area contributed by atoms with Gasteiger partial charge in [-0.1, -0.05) is 0 Å². The van der Waals surface area contributed by atoms with Crippen LogP contribution in [0.1, 0.15) is 6.42 Å². The van der Waals surface area contributed by atoms with Crippen molar-refractivity contribution in [3.8, 4) is 11.3 Å². The van der Waals surface area contributed by atoms with Crippen LogP contribution < -0.4 is 15.8 Å². The Kier molecular flexibility index (Phi) is 3.70. The molecular weight excluding hydrogens is 266 g/mol. The first-order chi connectivity index (χ1) is 10.1. The highest BCUT2D eigenvalue weighted by molar-refractivity contribution is 5.59. The third kappa shape index (κ3) is 2.80. The van der Waals surface area contributed by atoms with Crippen molar-refractivity contribution in [3.05, 3.63) is 40.9 Å². The molecule has 3 heterocycles. The Bertz CT molecular complexity index is 690. The summed E-state index contributed by atoms with van der Waals surface area (Å²) in [6, 6.07) is 5.65. The van der Waals surface area contributed by atoms with Crippen molar-refractivity contribution < 1.29 is 0 Å². The summed E-state index contributed by atoms with van der Waals surface area (Å²) in [5, 5.41) is 3.35. The lowest BCUT2D eigenvalue weighted by molar-refractivity contribution is 0.668. The average Bonchev–Trinajstić information content (AvgIpc) is 3.04. The fourth-order valence-corrected chi connectivity index (χ4v) is 2.56. The zero-order chi connectivity index (χ0) is 14.8. The van der Waals surface area contributed by atoms with Crippen LogP contribution in [0.4, 0.5) is 5.95 Å². The molecule has 6 heteroatoms. The minimum Gasteiger partial charge on any atom is -0.340 e. The van der Waals surface area contributed by atoms with Gasteiger partial charge in [-0.25, -0.2) is 9.97 Å². The van der Waals surface area contributed by atoms with Crippen molar-refractivity contribution in [2.45, 2.75) is 12.5 Å². The summed E-state index contributed by atoms with van der Waals surface area (Å²) in [5.74, 6) is 0.718. The van der Waals surface area contributed by atoms with E-state index in [1.165, 1.54) is 0 Å². The second-order valence-corrected chi connectivity index (χ2v) is 5.37. The molecule has 0 spiro atoms. The minimum atomic E-state index is -0.0258. The van der Waals surface area contributed by atoms with Crippen molar-refractivity contribution in [1.29, 1.82) is 0 Å². The highest BCUT2D eigenvalue weighted by Gasteiger charge is 2.21. The number of nitrogens with zero attached hydrogens (tertiary/aromatic N) is 4. The first-order valence-corrected chi connectivity index (χ1v) is 7.09. The van der Waals surface area contributed by atoms with E-state index in [0.717, 1.165) is 36.7 Å². The van der Waals surface area contributed by atoms with Gasteiger partial charge in [-0.15, -0.1) is 0 Å². The van der Waals surface area contributed by atoms with Gasteiger partial charge in [0.25, 0.3) is 0 Å². The SMILES string of the molecule is CN(c1nccc(-c2ccc(=O)n(C)c2)n1)C1CCNC1. The van der Waals surface area contributed by atoms with Crippen LogP contribution in [0, 0.1) is 0 Å². The fraction of sp³-hybridized carbons (Fsp3) is 0.400. The molecule has 6 nitrogen and oxygen atoms in total. The monoisotopic (exact) mass is 285 g/mol. The van der Waals surface area contributed by atoms with Crippen LogP contribution in [0.25, 0.3) is 11.3 Å². The predicted molar refractivity (Wildman–Crippen MR) is 82.4 cm³/mol. The Morgan fingerprint density at radius 3 is 2.95 bits per heavy atom. The third-order valence-electron chi connectivity index (χ3n) is 3.92. The van der Waals surface area contributed by atoms with Crippen molar-refractivity contribution >= 4 is 5.95 Å². The first-order valence-electron chi connectivity index (χ1n) is 7.09. The number of pyridine rings is 1. The van der Waals surface area contributed by atoms with E-state index in [-0.39, 0.29) is 5.56 Å². The number of aryl methyl sites for hydroxylation is 1. The first kappa shape index (κ1) is 13.8. The Labute approximate surface area is 123 Å². The molecule has 1 unspecified atom stereocenters. The Balaban J connectivity index is 1.91. The lowest BCUT2D eigenvalue weighted by Crippen LogP contribution is -2.34. The summed E-state index contributed by atoms with van der Waals surface area (Å²) in [5.41, 5.74) is 1.72. The molecule has 0 aromatic carbocycles. The second kappa shape index (κ2) is 5.65. The summed E-state index contributed by atoms with van der Waals surface area (Å²) in [6.07, 6.45) is 4.66. The maximum Gasteiger partial charge on any atom is 0.250 e. The van der Waals surface area contributed by atoms with Crippen LogP contribution in [0.2, 0.25) is 0 Å². The molecule has 110 valence electrons. The molecular formula is C15H19N5O. The van der Waals surface area contributed by atoms with Gasteiger partial charge < -0.3 is 14.8 Å². The second-order valence-electron chi connectivity index (χ2n) is 5.37. The normalized spacial score (nSPS) is 17.9. The summed E-state index contributed by atoms with van der Waals surface area (Å²) < 4.78 is 1.56. The molecule has 0 bridgehead atoms. The van der Waals surface area contributed by atoms with Crippen LogP contribution in [0.5, 0.6) is 0 Å². The highest BCUT2D eigenvalue weighted by Crippen LogP contribution is 2.19. The number of hydrogen-bond donors (Lipinski definition) is 1. The molecule has 1 saturated heterocycles. The number of likely N-dealkylation sites (N-methyl/N-ethyl adjacent to an activating group) is 1. The van der Waals surface area contributed by atoms with Crippen LogP contribution in [0.15, 0.2) is 35.4 Å². The van der Waals surface area contributed by atoms with Gasteiger partial charge in [0.05, 0.1) is 5.69 Å². The van der Waals surface area contributed by atoms with Crippen LogP contribution in [-0.2, 0) is 7.05 Å². The molecule has 1 aliphatic heterocycles. The van der Waals surface area contributed by atoms with E-state index in [4.69, 9.17) is 0 Å². The van der Waals surface area contributed by atoms with Crippen molar-refractivity contribution in [2.75, 3.05) is 25.0 Å². The van der Waals surface area contributed by atoms with E-state index in [1.54, 1.807) is 36.1 Å². The van der Waals surface area contributed by atoms with E-state index in [2.05, 4.69) is 20.2 Å². The van der Waals surface area contributed by atoms with Gasteiger partial charge in [0, 0.05) is 50.7 Å². The van der Waals surface area contributed by atoms with Crippen LogP contribution >= 0.6 is 0 Å². The smallest absolute Gasteiger partial charge is 0.250 e. The molecule has 1 fully saturated rings. The van der Waals surface area contributed by atoms with E-state index >= 15 is 0 Å². The lowest BCUT2D eigenvalue weighted by atomic mass is 10.2. The van der Waals surface area contributed by atoms with Crippen molar-refractivity contribution in [1.82, 2.24) is 19.9 Å². The summed E-state index contributed by atoms with van der Waals surface area (Å²) >= 11 is 0. The van der Waals surface area contributed by atoms with Gasteiger partial charge >= 0.3 is 0 Å². The molecule has 0 saturated carbocycles. The zero-order valence-corrected chi connectivity index (χ0v) is 12.3. The summed E-state index contributed by atoms with van der Waals surface area (Å²) in [4.78, 5) is 22.6. The molecule has 0 aliphatic carbocycles. The topological polar surface area (TPSA) is 63.1 Å². The zero-order valence-electron chi connectivity index (χ0n) is 12.3. The van der Waals surface area contributed by atoms with Crippen molar-refractivity contribution in [3.63, 3.8) is 0 Å². The molecule has 0 amide bonds. The molecule has 2 aromatic rings. The van der Waals surface area contributed by atoms with E-state index in [0.29, 0.717) is 6.04 Å². The third-order valence-corrected chi connectivity index (χ3v) is 3.92. The number of hydrogen-bond acceptors (Lipinski definition) is 5. The van der Waals surface area contributed by atoms with Crippen molar-refractivity contribution in [2.24, 2.45) is 7.05 Å². The summed E-state index contributed by atoms with van der Waals surface area (Å²) in [7, 11) is 3.77. The molecule has 3 rings (SSSR count). The maximum atomic E-state index is 11.5. The molecule has 1 atom stereocenters. The molecule has 1 N–H and O–H groups in total. The van der Waals surface area contributed by atoms with Gasteiger partial charge in [-0.05, 0) is 25.1 Å². The quantitative estimate of drug-likeness (QED) is 0.896. The Morgan fingerprint density at radius 2 is 2.24 bits per heavy atom. The number of rotatable bonds is 3. The van der Waals surface area contributed by atoms with Gasteiger partial charge in [0.1, 0.15) is 0 Å². The maximum absolute atomic E-state index is 11.5. The van der Waals surface area contributed by atoms with Crippen LogP contribution in [-0.4, -0.2) is 40.7 Å². The van der Waals surface area contributed by atoms with E-state index in [1.807, 2.05) is 13.1 Å². The van der Waals surface area contributed by atoms with Gasteiger partial charge in [-0.3, -0.25) is 4.79 Å². The fourth-order valence-electron chi connectivity index (χ4n) is 2.56. The van der Waals surface area contributed by atoms with Crippen LogP contribution in [0.3, 0.4) is 0 Å². The largest absolute Gasteiger partial charge is 0.340 e. The minimum absolute atomic E-state index is 0.0258. The summed E-state index contributed by atoms with van der Waals surface area (Å²) in [6.45, 7) is 2.00. The highest BCUT2D eigenvalue weighted by atomic mass is 16.1. The van der Waals surface area contributed by atoms with Gasteiger partial charge in [0.2, 0.25) is 11.5 Å². The van der Waals surface area contributed by atoms with E-state index in [9.17, 15) is 4.79 Å². The molecule has 21 heavy (non-hydrogen) atoms. The molecule has 2 aromatic heterocycles. The Morgan fingerprint density at radius 1 is 1.38 bits per heavy atom. The number of aromatic nitrogens is 3. The molecule has 1 aliphatic rings. The average molecular weight is 285 g/mol. The number of nitrogens with one attached hydrogen (secondary N) is 1. The molecule has 0 radical (unpaired) electrons. The Hall–Kier alpha value is -2.21. The van der Waals surface area contributed by atoms with Gasteiger partial charge in [-0.2, -0.15) is 0 Å². The van der Waals surface area contributed by atoms with Gasteiger partial charge in [0.15, 0.2) is 0 Å². The van der Waals surface area contributed by atoms with E-state index < -0.39 is 0 Å². The predicted octanol–water partition coefficient (Wildman–Crippen LogP) is 0.640.